The fourth-order valence-corrected chi connectivity index (χ4v) is 1.22. The van der Waals surface area contributed by atoms with Gasteiger partial charge in [0.25, 0.3) is 0 Å². The second-order valence-electron chi connectivity index (χ2n) is 3.28. The number of ether oxygens (including phenoxy) is 1. The molecule has 0 radical (unpaired) electrons. The van der Waals surface area contributed by atoms with Crippen molar-refractivity contribution in [3.8, 4) is 5.88 Å². The van der Waals surface area contributed by atoms with Crippen molar-refractivity contribution in [2.24, 2.45) is 0 Å². The maximum absolute atomic E-state index is 5.51. The van der Waals surface area contributed by atoms with Crippen LogP contribution in [0.5, 0.6) is 5.88 Å². The topological polar surface area (TPSA) is 34.1 Å². The summed E-state index contributed by atoms with van der Waals surface area (Å²) in [6.45, 7) is 5.13. The van der Waals surface area contributed by atoms with Crippen molar-refractivity contribution in [1.82, 2.24) is 10.3 Å². The largest absolute Gasteiger partial charge is 0.478 e. The molecular formula is C12H18N2O. The van der Waals surface area contributed by atoms with Crippen molar-refractivity contribution >= 4 is 0 Å². The molecule has 0 aromatic carbocycles. The highest BCUT2D eigenvalue weighted by Gasteiger charge is 1.97. The first-order valence-corrected chi connectivity index (χ1v) is 5.21. The van der Waals surface area contributed by atoms with Gasteiger partial charge in [-0.05, 0) is 26.0 Å². The van der Waals surface area contributed by atoms with Crippen LogP contribution < -0.4 is 10.1 Å². The first-order valence-electron chi connectivity index (χ1n) is 5.21. The molecule has 0 amide bonds. The zero-order chi connectivity index (χ0) is 10.9. The molecule has 0 atom stereocenters. The second-order valence-corrected chi connectivity index (χ2v) is 3.28. The van der Waals surface area contributed by atoms with Gasteiger partial charge < -0.3 is 10.1 Å². The lowest BCUT2D eigenvalue weighted by Crippen LogP contribution is -2.07. The summed E-state index contributed by atoms with van der Waals surface area (Å²) in [5.74, 6) is 0.701. The molecule has 3 heteroatoms. The average Bonchev–Trinajstić information content (AvgIpc) is 2.26. The average molecular weight is 206 g/mol. The standard InChI is InChI=1S/C12H18N2O/c1-3-4-5-9-15-12-8-6-7-11(14-12)10-13-2/h3,6-8,13H,1,4-5,9-10H2,2H3. The van der Waals surface area contributed by atoms with Crippen LogP contribution in [-0.2, 0) is 6.54 Å². The van der Waals surface area contributed by atoms with Crippen LogP contribution >= 0.6 is 0 Å². The van der Waals surface area contributed by atoms with Crippen molar-refractivity contribution in [3.05, 3.63) is 36.5 Å². The fourth-order valence-electron chi connectivity index (χ4n) is 1.22. The van der Waals surface area contributed by atoms with Crippen LogP contribution in [0.1, 0.15) is 18.5 Å². The third-order valence-corrected chi connectivity index (χ3v) is 1.94. The predicted octanol–water partition coefficient (Wildman–Crippen LogP) is 2.15. The van der Waals surface area contributed by atoms with E-state index in [1.54, 1.807) is 0 Å². The third-order valence-electron chi connectivity index (χ3n) is 1.94. The molecule has 0 aliphatic rings. The molecule has 1 rings (SSSR count). The summed E-state index contributed by atoms with van der Waals surface area (Å²) in [6, 6.07) is 5.82. The van der Waals surface area contributed by atoms with E-state index in [-0.39, 0.29) is 0 Å². The molecule has 0 aliphatic heterocycles. The van der Waals surface area contributed by atoms with Gasteiger partial charge in [0, 0.05) is 12.6 Å². The Bertz CT molecular complexity index is 299. The Hall–Kier alpha value is -1.35. The quantitative estimate of drug-likeness (QED) is 0.548. The van der Waals surface area contributed by atoms with Gasteiger partial charge in [-0.2, -0.15) is 0 Å². The minimum atomic E-state index is 0.696. The fraction of sp³-hybridized carbons (Fsp3) is 0.417. The van der Waals surface area contributed by atoms with Gasteiger partial charge in [0.05, 0.1) is 12.3 Å². The molecule has 0 spiro atoms. The summed E-state index contributed by atoms with van der Waals surface area (Å²) in [6.07, 6.45) is 3.87. The van der Waals surface area contributed by atoms with Gasteiger partial charge in [-0.25, -0.2) is 4.98 Å². The number of pyridine rings is 1. The van der Waals surface area contributed by atoms with E-state index in [2.05, 4.69) is 16.9 Å². The smallest absolute Gasteiger partial charge is 0.213 e. The summed E-state index contributed by atoms with van der Waals surface area (Å²) >= 11 is 0. The normalized spacial score (nSPS) is 9.93. The van der Waals surface area contributed by atoms with Crippen molar-refractivity contribution in [3.63, 3.8) is 0 Å². The molecule has 1 heterocycles. The van der Waals surface area contributed by atoms with E-state index in [1.807, 2.05) is 31.3 Å². The highest BCUT2D eigenvalue weighted by atomic mass is 16.5. The Morgan fingerprint density at radius 3 is 3.13 bits per heavy atom. The molecule has 1 aromatic heterocycles. The van der Waals surface area contributed by atoms with Gasteiger partial charge in [-0.1, -0.05) is 12.1 Å². The van der Waals surface area contributed by atoms with Crippen LogP contribution in [-0.4, -0.2) is 18.6 Å². The van der Waals surface area contributed by atoms with E-state index in [0.717, 1.165) is 25.1 Å². The van der Waals surface area contributed by atoms with E-state index in [1.165, 1.54) is 0 Å². The number of unbranched alkanes of at least 4 members (excludes halogenated alkanes) is 1. The van der Waals surface area contributed by atoms with Gasteiger partial charge in [-0.3, -0.25) is 0 Å². The number of nitrogens with one attached hydrogen (secondary N) is 1. The molecule has 0 fully saturated rings. The summed E-state index contributed by atoms with van der Waals surface area (Å²) in [5, 5.41) is 3.06. The zero-order valence-corrected chi connectivity index (χ0v) is 9.20. The molecule has 15 heavy (non-hydrogen) atoms. The molecule has 0 bridgehead atoms. The summed E-state index contributed by atoms with van der Waals surface area (Å²) in [5.41, 5.74) is 0.999. The number of nitrogens with zero attached hydrogens (tertiary/aromatic N) is 1. The molecule has 0 saturated heterocycles. The molecule has 0 saturated carbocycles. The van der Waals surface area contributed by atoms with Crippen LogP contribution in [0.25, 0.3) is 0 Å². The Labute approximate surface area is 91.2 Å². The van der Waals surface area contributed by atoms with E-state index < -0.39 is 0 Å². The molecule has 0 aliphatic carbocycles. The Morgan fingerprint density at radius 2 is 2.40 bits per heavy atom. The lowest BCUT2D eigenvalue weighted by molar-refractivity contribution is 0.299. The zero-order valence-electron chi connectivity index (χ0n) is 9.20. The van der Waals surface area contributed by atoms with E-state index in [4.69, 9.17) is 4.74 Å². The Morgan fingerprint density at radius 1 is 1.53 bits per heavy atom. The van der Waals surface area contributed by atoms with Gasteiger partial charge in [0.2, 0.25) is 5.88 Å². The van der Waals surface area contributed by atoms with Crippen molar-refractivity contribution in [1.29, 1.82) is 0 Å². The van der Waals surface area contributed by atoms with Crippen LogP contribution in [0.15, 0.2) is 30.9 Å². The lowest BCUT2D eigenvalue weighted by Gasteiger charge is -2.05. The van der Waals surface area contributed by atoms with Crippen LogP contribution in [0.2, 0.25) is 0 Å². The molecule has 1 N–H and O–H groups in total. The number of hydrogen-bond acceptors (Lipinski definition) is 3. The number of aromatic nitrogens is 1. The van der Waals surface area contributed by atoms with Gasteiger partial charge >= 0.3 is 0 Å². The monoisotopic (exact) mass is 206 g/mol. The van der Waals surface area contributed by atoms with E-state index in [9.17, 15) is 0 Å². The number of allylic oxidation sites excluding steroid dienone is 1. The molecule has 0 unspecified atom stereocenters. The second kappa shape index (κ2) is 7.01. The molecule has 82 valence electrons. The molecular weight excluding hydrogens is 188 g/mol. The third kappa shape index (κ3) is 4.61. The molecule has 1 aromatic rings. The van der Waals surface area contributed by atoms with Gasteiger partial charge in [-0.15, -0.1) is 6.58 Å². The van der Waals surface area contributed by atoms with Crippen LogP contribution in [0.3, 0.4) is 0 Å². The number of hydrogen-bond donors (Lipinski definition) is 1. The van der Waals surface area contributed by atoms with Crippen LogP contribution in [0, 0.1) is 0 Å². The summed E-state index contributed by atoms with van der Waals surface area (Å²) in [7, 11) is 1.90. The first-order chi connectivity index (χ1) is 7.36. The SMILES string of the molecule is C=CCCCOc1cccc(CNC)n1. The first kappa shape index (κ1) is 11.7. The lowest BCUT2D eigenvalue weighted by atomic mass is 10.3. The van der Waals surface area contributed by atoms with Gasteiger partial charge in [0.15, 0.2) is 0 Å². The Balaban J connectivity index is 2.39. The highest BCUT2D eigenvalue weighted by molar-refractivity contribution is 5.15. The van der Waals surface area contributed by atoms with E-state index in [0.29, 0.717) is 12.5 Å². The van der Waals surface area contributed by atoms with Crippen LogP contribution in [0.4, 0.5) is 0 Å². The maximum atomic E-state index is 5.51. The summed E-state index contributed by atoms with van der Waals surface area (Å²) in [4.78, 5) is 4.35. The number of rotatable bonds is 7. The molecule has 3 nitrogen and oxygen atoms in total. The van der Waals surface area contributed by atoms with Crippen molar-refractivity contribution < 1.29 is 4.74 Å². The predicted molar refractivity (Wildman–Crippen MR) is 61.9 cm³/mol. The minimum Gasteiger partial charge on any atom is -0.478 e. The Kier molecular flexibility index (Phi) is 5.48. The van der Waals surface area contributed by atoms with E-state index >= 15 is 0 Å². The summed E-state index contributed by atoms with van der Waals surface area (Å²) < 4.78 is 5.51. The van der Waals surface area contributed by atoms with Crippen molar-refractivity contribution in [2.75, 3.05) is 13.7 Å². The van der Waals surface area contributed by atoms with Crippen molar-refractivity contribution in [2.45, 2.75) is 19.4 Å². The van der Waals surface area contributed by atoms with Gasteiger partial charge in [0.1, 0.15) is 0 Å². The minimum absolute atomic E-state index is 0.696. The maximum Gasteiger partial charge on any atom is 0.213 e. The highest BCUT2D eigenvalue weighted by Crippen LogP contribution is 2.08.